The van der Waals surface area contributed by atoms with Gasteiger partial charge in [-0.1, -0.05) is 12.1 Å². The maximum Gasteiger partial charge on any atom is 0.213 e. The van der Waals surface area contributed by atoms with Crippen molar-refractivity contribution >= 4 is 27.9 Å². The predicted octanol–water partition coefficient (Wildman–Crippen LogP) is 3.55. The van der Waals surface area contributed by atoms with Gasteiger partial charge >= 0.3 is 0 Å². The molecule has 0 amide bonds. The second-order valence-corrected chi connectivity index (χ2v) is 6.46. The fourth-order valence-corrected chi connectivity index (χ4v) is 3.24. The van der Waals surface area contributed by atoms with Gasteiger partial charge in [0.05, 0.1) is 13.2 Å². The van der Waals surface area contributed by atoms with Crippen molar-refractivity contribution in [1.29, 1.82) is 0 Å². The van der Waals surface area contributed by atoms with Crippen molar-refractivity contribution in [2.75, 3.05) is 18.5 Å². The normalized spacial score (nSPS) is 16.8. The average Bonchev–Trinajstić information content (AvgIpc) is 3.34. The van der Waals surface area contributed by atoms with Gasteiger partial charge in [0.15, 0.2) is 11.4 Å². The minimum absolute atomic E-state index is 0.0812. The van der Waals surface area contributed by atoms with Crippen LogP contribution in [0.25, 0.3) is 22.1 Å². The van der Waals surface area contributed by atoms with Crippen LogP contribution < -0.4 is 10.1 Å². The van der Waals surface area contributed by atoms with E-state index in [1.807, 2.05) is 36.4 Å². The van der Waals surface area contributed by atoms with Crippen LogP contribution in [-0.4, -0.2) is 34.3 Å². The molecule has 4 aromatic rings. The Labute approximate surface area is 155 Å². The van der Waals surface area contributed by atoms with E-state index in [2.05, 4.69) is 20.3 Å². The maximum atomic E-state index is 5.95. The summed E-state index contributed by atoms with van der Waals surface area (Å²) in [4.78, 5) is 13.0. The molecule has 5 rings (SSSR count). The van der Waals surface area contributed by atoms with Gasteiger partial charge in [0.2, 0.25) is 5.88 Å². The Morgan fingerprint density at radius 2 is 2.11 bits per heavy atom. The molecule has 0 aliphatic carbocycles. The Hall–Kier alpha value is -3.19. The van der Waals surface area contributed by atoms with Crippen LogP contribution in [0, 0.1) is 0 Å². The third-order valence-electron chi connectivity index (χ3n) is 4.59. The van der Waals surface area contributed by atoms with Gasteiger partial charge in [0.1, 0.15) is 23.5 Å². The SMILES string of the molecule is c1ccc2c(c1)oc1c(NCc3ccnc(OC4CCOC4)c3)ncnc12. The highest BCUT2D eigenvalue weighted by atomic mass is 16.5. The number of nitrogens with zero attached hydrogens (tertiary/aromatic N) is 3. The average molecular weight is 362 g/mol. The summed E-state index contributed by atoms with van der Waals surface area (Å²) >= 11 is 0. The lowest BCUT2D eigenvalue weighted by molar-refractivity contribution is 0.138. The summed E-state index contributed by atoms with van der Waals surface area (Å²) in [5, 5.41) is 4.32. The van der Waals surface area contributed by atoms with Crippen LogP contribution in [-0.2, 0) is 11.3 Å². The molecule has 1 aliphatic heterocycles. The van der Waals surface area contributed by atoms with Crippen LogP contribution in [0.1, 0.15) is 12.0 Å². The van der Waals surface area contributed by atoms with E-state index in [4.69, 9.17) is 13.9 Å². The number of furan rings is 1. The highest BCUT2D eigenvalue weighted by molar-refractivity contribution is 6.05. The Morgan fingerprint density at radius 1 is 1.15 bits per heavy atom. The fourth-order valence-electron chi connectivity index (χ4n) is 3.24. The first-order chi connectivity index (χ1) is 13.4. The summed E-state index contributed by atoms with van der Waals surface area (Å²) in [5.41, 5.74) is 3.31. The Bertz CT molecular complexity index is 1090. The van der Waals surface area contributed by atoms with Crippen LogP contribution in [0.3, 0.4) is 0 Å². The van der Waals surface area contributed by atoms with E-state index in [0.717, 1.165) is 35.1 Å². The van der Waals surface area contributed by atoms with Gasteiger partial charge in [-0.3, -0.25) is 0 Å². The van der Waals surface area contributed by atoms with Crippen molar-refractivity contribution in [2.24, 2.45) is 0 Å². The van der Waals surface area contributed by atoms with Crippen molar-refractivity contribution in [3.63, 3.8) is 0 Å². The highest BCUT2D eigenvalue weighted by Gasteiger charge is 2.18. The van der Waals surface area contributed by atoms with Crippen LogP contribution in [0.15, 0.2) is 53.3 Å². The smallest absolute Gasteiger partial charge is 0.213 e. The third-order valence-corrected chi connectivity index (χ3v) is 4.59. The lowest BCUT2D eigenvalue weighted by Gasteiger charge is -2.12. The number of hydrogen-bond donors (Lipinski definition) is 1. The van der Waals surface area contributed by atoms with Gasteiger partial charge < -0.3 is 19.2 Å². The minimum Gasteiger partial charge on any atom is -0.472 e. The molecule has 1 fully saturated rings. The number of nitrogens with one attached hydrogen (secondary N) is 1. The maximum absolute atomic E-state index is 5.95. The second-order valence-electron chi connectivity index (χ2n) is 6.46. The van der Waals surface area contributed by atoms with Crippen LogP contribution in [0.4, 0.5) is 5.82 Å². The second kappa shape index (κ2) is 6.85. The van der Waals surface area contributed by atoms with E-state index in [0.29, 0.717) is 30.4 Å². The standard InChI is InChI=1S/C20H18N4O3/c1-2-4-16-15(3-1)18-19(27-16)20(24-12-23-18)22-10-13-5-7-21-17(9-13)26-14-6-8-25-11-14/h1-5,7,9,12,14H,6,8,10-11H2,(H,22,23,24). The van der Waals surface area contributed by atoms with Crippen LogP contribution in [0.5, 0.6) is 5.88 Å². The summed E-state index contributed by atoms with van der Waals surface area (Å²) in [6.07, 6.45) is 4.28. The molecular weight excluding hydrogens is 344 g/mol. The molecule has 4 heterocycles. The number of aromatic nitrogens is 3. The molecule has 0 spiro atoms. The summed E-state index contributed by atoms with van der Waals surface area (Å²) in [5.74, 6) is 1.28. The van der Waals surface area contributed by atoms with E-state index >= 15 is 0 Å². The van der Waals surface area contributed by atoms with Gasteiger partial charge in [-0.15, -0.1) is 0 Å². The molecule has 1 aliphatic rings. The van der Waals surface area contributed by atoms with Crippen molar-refractivity contribution < 1.29 is 13.9 Å². The molecular formula is C20H18N4O3. The molecule has 27 heavy (non-hydrogen) atoms. The molecule has 0 radical (unpaired) electrons. The monoisotopic (exact) mass is 362 g/mol. The van der Waals surface area contributed by atoms with Gasteiger partial charge in [-0.25, -0.2) is 15.0 Å². The number of ether oxygens (including phenoxy) is 2. The van der Waals surface area contributed by atoms with E-state index in [1.54, 1.807) is 12.5 Å². The molecule has 136 valence electrons. The zero-order valence-electron chi connectivity index (χ0n) is 14.6. The fraction of sp³-hybridized carbons (Fsp3) is 0.250. The Kier molecular flexibility index (Phi) is 4.06. The predicted molar refractivity (Wildman–Crippen MR) is 101 cm³/mol. The molecule has 1 unspecified atom stereocenters. The quantitative estimate of drug-likeness (QED) is 0.581. The topological polar surface area (TPSA) is 82.3 Å². The summed E-state index contributed by atoms with van der Waals surface area (Å²) in [6.45, 7) is 1.94. The first-order valence-corrected chi connectivity index (χ1v) is 8.92. The third kappa shape index (κ3) is 3.17. The number of rotatable bonds is 5. The minimum atomic E-state index is 0.0812. The zero-order chi connectivity index (χ0) is 18.1. The molecule has 1 atom stereocenters. The number of para-hydroxylation sites is 1. The van der Waals surface area contributed by atoms with E-state index in [9.17, 15) is 0 Å². The molecule has 0 saturated carbocycles. The van der Waals surface area contributed by atoms with E-state index in [1.165, 1.54) is 0 Å². The molecule has 7 heteroatoms. The van der Waals surface area contributed by atoms with Crippen LogP contribution >= 0.6 is 0 Å². The van der Waals surface area contributed by atoms with Gasteiger partial charge in [-0.2, -0.15) is 0 Å². The number of fused-ring (bicyclic) bond motifs is 3. The van der Waals surface area contributed by atoms with Crippen molar-refractivity contribution in [3.05, 3.63) is 54.5 Å². The van der Waals surface area contributed by atoms with Gasteiger partial charge in [0, 0.05) is 30.6 Å². The van der Waals surface area contributed by atoms with E-state index < -0.39 is 0 Å². The summed E-state index contributed by atoms with van der Waals surface area (Å²) in [7, 11) is 0. The Balaban J connectivity index is 1.37. The summed E-state index contributed by atoms with van der Waals surface area (Å²) in [6, 6.07) is 11.7. The number of benzene rings is 1. The molecule has 1 aromatic carbocycles. The Morgan fingerprint density at radius 3 is 3.04 bits per heavy atom. The zero-order valence-corrected chi connectivity index (χ0v) is 14.6. The molecule has 3 aromatic heterocycles. The number of pyridine rings is 1. The summed E-state index contributed by atoms with van der Waals surface area (Å²) < 4.78 is 17.2. The molecule has 7 nitrogen and oxygen atoms in total. The molecule has 0 bridgehead atoms. The first kappa shape index (κ1) is 16.0. The molecule has 1 N–H and O–H groups in total. The van der Waals surface area contributed by atoms with E-state index in [-0.39, 0.29) is 6.10 Å². The molecule has 1 saturated heterocycles. The van der Waals surface area contributed by atoms with Crippen molar-refractivity contribution in [3.8, 4) is 5.88 Å². The van der Waals surface area contributed by atoms with Crippen molar-refractivity contribution in [1.82, 2.24) is 15.0 Å². The number of hydrogen-bond acceptors (Lipinski definition) is 7. The van der Waals surface area contributed by atoms with Gasteiger partial charge in [0.25, 0.3) is 0 Å². The lowest BCUT2D eigenvalue weighted by atomic mass is 10.2. The first-order valence-electron chi connectivity index (χ1n) is 8.92. The van der Waals surface area contributed by atoms with Crippen LogP contribution in [0.2, 0.25) is 0 Å². The largest absolute Gasteiger partial charge is 0.472 e. The highest BCUT2D eigenvalue weighted by Crippen LogP contribution is 2.30. The lowest BCUT2D eigenvalue weighted by Crippen LogP contribution is -2.16. The van der Waals surface area contributed by atoms with Gasteiger partial charge in [-0.05, 0) is 23.8 Å². The number of anilines is 1. The van der Waals surface area contributed by atoms with Crippen molar-refractivity contribution in [2.45, 2.75) is 19.1 Å².